The quantitative estimate of drug-likeness (QED) is 0.336. The van der Waals surface area contributed by atoms with Crippen molar-refractivity contribution in [3.8, 4) is 22.9 Å². The molecule has 3 aromatic rings. The molecule has 2 aromatic carbocycles. The fourth-order valence-electron chi connectivity index (χ4n) is 2.84. The van der Waals surface area contributed by atoms with Gasteiger partial charge in [-0.05, 0) is 36.4 Å². The Bertz CT molecular complexity index is 1100. The van der Waals surface area contributed by atoms with E-state index in [4.69, 9.17) is 32.7 Å². The van der Waals surface area contributed by atoms with Crippen molar-refractivity contribution in [2.75, 3.05) is 25.3 Å². The fraction of sp³-hybridized carbons (Fsp3) is 0.190. The number of anilines is 1. The topological polar surface area (TPSA) is 78.3 Å². The number of carbonyl (C=O) groups is 1. The highest BCUT2D eigenvalue weighted by atomic mass is 35.5. The van der Waals surface area contributed by atoms with Crippen LogP contribution in [0.25, 0.3) is 11.4 Å². The van der Waals surface area contributed by atoms with Crippen LogP contribution in [0.4, 0.5) is 5.69 Å². The lowest BCUT2D eigenvalue weighted by Gasteiger charge is -2.12. The Morgan fingerprint density at radius 3 is 2.48 bits per heavy atom. The van der Waals surface area contributed by atoms with E-state index >= 15 is 0 Å². The first-order chi connectivity index (χ1) is 15.0. The van der Waals surface area contributed by atoms with Crippen LogP contribution in [0, 0.1) is 0 Å². The molecule has 0 saturated heterocycles. The number of nitrogens with one attached hydrogen (secondary N) is 1. The number of thioether (sulfide) groups is 1. The molecule has 1 heterocycles. The molecule has 1 aromatic heterocycles. The van der Waals surface area contributed by atoms with Crippen LogP contribution < -0.4 is 14.8 Å². The SMILES string of the molecule is C=CCn1c(SCC(=O)Nc2cc(Cl)ccc2OC)nnc1-c1cc(Cl)ccc1OC. The van der Waals surface area contributed by atoms with E-state index in [1.165, 1.54) is 18.9 Å². The van der Waals surface area contributed by atoms with Crippen LogP contribution in [0.3, 0.4) is 0 Å². The summed E-state index contributed by atoms with van der Waals surface area (Å²) in [6.07, 6.45) is 1.73. The minimum Gasteiger partial charge on any atom is -0.496 e. The van der Waals surface area contributed by atoms with Gasteiger partial charge in [0, 0.05) is 16.6 Å². The molecule has 0 atom stereocenters. The van der Waals surface area contributed by atoms with Gasteiger partial charge in [0.05, 0.1) is 31.2 Å². The number of carbonyl (C=O) groups excluding carboxylic acids is 1. The van der Waals surface area contributed by atoms with Crippen molar-refractivity contribution in [1.82, 2.24) is 14.8 Å². The second-order valence-electron chi connectivity index (χ2n) is 6.23. The lowest BCUT2D eigenvalue weighted by atomic mass is 10.2. The summed E-state index contributed by atoms with van der Waals surface area (Å²) >= 11 is 13.4. The van der Waals surface area contributed by atoms with Crippen LogP contribution in [-0.4, -0.2) is 40.6 Å². The summed E-state index contributed by atoms with van der Waals surface area (Å²) in [7, 11) is 3.10. The number of benzene rings is 2. The molecule has 0 spiro atoms. The first-order valence-corrected chi connectivity index (χ1v) is 10.8. The second kappa shape index (κ2) is 10.6. The number of ether oxygens (including phenoxy) is 2. The Morgan fingerprint density at radius 2 is 1.81 bits per heavy atom. The highest BCUT2D eigenvalue weighted by molar-refractivity contribution is 7.99. The fourth-order valence-corrected chi connectivity index (χ4v) is 3.93. The molecule has 31 heavy (non-hydrogen) atoms. The highest BCUT2D eigenvalue weighted by Gasteiger charge is 2.19. The van der Waals surface area contributed by atoms with Crippen molar-refractivity contribution in [2.24, 2.45) is 0 Å². The predicted molar refractivity (Wildman–Crippen MR) is 125 cm³/mol. The third-order valence-corrected chi connectivity index (χ3v) is 5.64. The number of amides is 1. The van der Waals surface area contributed by atoms with Crippen molar-refractivity contribution in [3.05, 3.63) is 59.1 Å². The molecular weight excluding hydrogens is 459 g/mol. The Balaban J connectivity index is 1.80. The van der Waals surface area contributed by atoms with E-state index in [9.17, 15) is 4.79 Å². The van der Waals surface area contributed by atoms with Crippen molar-refractivity contribution in [1.29, 1.82) is 0 Å². The summed E-state index contributed by atoms with van der Waals surface area (Å²) in [5.41, 5.74) is 1.20. The zero-order valence-corrected chi connectivity index (χ0v) is 19.2. The third-order valence-electron chi connectivity index (χ3n) is 4.20. The van der Waals surface area contributed by atoms with Gasteiger partial charge in [-0.1, -0.05) is 41.0 Å². The minimum absolute atomic E-state index is 0.109. The van der Waals surface area contributed by atoms with E-state index in [2.05, 4.69) is 22.1 Å². The van der Waals surface area contributed by atoms with Crippen molar-refractivity contribution < 1.29 is 14.3 Å². The number of methoxy groups -OCH3 is 2. The van der Waals surface area contributed by atoms with Gasteiger partial charge in [0.2, 0.25) is 5.91 Å². The van der Waals surface area contributed by atoms with Gasteiger partial charge < -0.3 is 14.8 Å². The number of rotatable bonds is 9. The van der Waals surface area contributed by atoms with Crippen LogP contribution in [0.15, 0.2) is 54.2 Å². The van der Waals surface area contributed by atoms with E-state index in [1.54, 1.807) is 49.6 Å². The molecule has 162 valence electrons. The van der Waals surface area contributed by atoms with Gasteiger partial charge in [-0.3, -0.25) is 9.36 Å². The number of hydrogen-bond donors (Lipinski definition) is 1. The molecule has 0 aliphatic rings. The van der Waals surface area contributed by atoms with Gasteiger partial charge >= 0.3 is 0 Å². The number of halogens is 2. The summed E-state index contributed by atoms with van der Waals surface area (Å²) in [4.78, 5) is 12.5. The first kappa shape index (κ1) is 23.0. The van der Waals surface area contributed by atoms with E-state index in [0.29, 0.717) is 50.3 Å². The van der Waals surface area contributed by atoms with Crippen LogP contribution in [0.2, 0.25) is 10.0 Å². The third kappa shape index (κ3) is 5.52. The van der Waals surface area contributed by atoms with E-state index in [1.807, 2.05) is 4.57 Å². The molecule has 1 amide bonds. The number of nitrogens with zero attached hydrogens (tertiary/aromatic N) is 3. The summed E-state index contributed by atoms with van der Waals surface area (Å²) in [6, 6.07) is 10.3. The standard InChI is InChI=1S/C21H20Cl2N4O3S/c1-4-9-27-20(15-10-13(22)5-7-17(15)29-2)25-26-21(27)31-12-19(28)24-16-11-14(23)6-8-18(16)30-3/h4-8,10-11H,1,9,12H2,2-3H3,(H,24,28). The van der Waals surface area contributed by atoms with Crippen LogP contribution >= 0.6 is 35.0 Å². The van der Waals surface area contributed by atoms with Crippen LogP contribution in [-0.2, 0) is 11.3 Å². The van der Waals surface area contributed by atoms with Crippen LogP contribution in [0.1, 0.15) is 0 Å². The highest BCUT2D eigenvalue weighted by Crippen LogP contribution is 2.33. The second-order valence-corrected chi connectivity index (χ2v) is 8.05. The lowest BCUT2D eigenvalue weighted by molar-refractivity contribution is -0.113. The van der Waals surface area contributed by atoms with Crippen molar-refractivity contribution in [3.63, 3.8) is 0 Å². The zero-order valence-electron chi connectivity index (χ0n) is 16.9. The van der Waals surface area contributed by atoms with E-state index < -0.39 is 0 Å². The molecule has 0 aliphatic heterocycles. The van der Waals surface area contributed by atoms with Gasteiger partial charge in [-0.2, -0.15) is 0 Å². The molecule has 7 nitrogen and oxygen atoms in total. The summed E-state index contributed by atoms with van der Waals surface area (Å²) in [5.74, 6) is 1.58. The normalized spacial score (nSPS) is 10.6. The number of allylic oxidation sites excluding steroid dienone is 1. The Hall–Kier alpha value is -2.68. The molecule has 1 N–H and O–H groups in total. The predicted octanol–water partition coefficient (Wildman–Crippen LogP) is 5.19. The average Bonchev–Trinajstić information content (AvgIpc) is 3.15. The minimum atomic E-state index is -0.236. The molecular formula is C21H20Cl2N4O3S. The van der Waals surface area contributed by atoms with E-state index in [0.717, 1.165) is 0 Å². The molecule has 0 aliphatic carbocycles. The van der Waals surface area contributed by atoms with Crippen molar-refractivity contribution >= 4 is 46.6 Å². The van der Waals surface area contributed by atoms with E-state index in [-0.39, 0.29) is 11.7 Å². The van der Waals surface area contributed by atoms with Crippen molar-refractivity contribution in [2.45, 2.75) is 11.7 Å². The molecule has 0 bridgehead atoms. The summed E-state index contributed by atoms with van der Waals surface area (Å²) < 4.78 is 12.5. The van der Waals surface area contributed by atoms with Gasteiger partial charge in [0.1, 0.15) is 11.5 Å². The first-order valence-electron chi connectivity index (χ1n) is 9.11. The largest absolute Gasteiger partial charge is 0.496 e. The van der Waals surface area contributed by atoms with Gasteiger partial charge in [0.15, 0.2) is 11.0 Å². The lowest BCUT2D eigenvalue weighted by Crippen LogP contribution is -2.15. The Kier molecular flexibility index (Phi) is 7.84. The monoisotopic (exact) mass is 478 g/mol. The number of hydrogen-bond acceptors (Lipinski definition) is 6. The van der Waals surface area contributed by atoms with Crippen LogP contribution in [0.5, 0.6) is 11.5 Å². The molecule has 0 radical (unpaired) electrons. The summed E-state index contributed by atoms with van der Waals surface area (Å²) in [5, 5.41) is 12.9. The summed E-state index contributed by atoms with van der Waals surface area (Å²) in [6.45, 7) is 4.25. The van der Waals surface area contributed by atoms with Gasteiger partial charge in [-0.15, -0.1) is 16.8 Å². The zero-order chi connectivity index (χ0) is 22.4. The maximum absolute atomic E-state index is 12.5. The Labute approximate surface area is 194 Å². The van der Waals surface area contributed by atoms with Gasteiger partial charge in [0.25, 0.3) is 0 Å². The molecule has 0 fully saturated rings. The Morgan fingerprint density at radius 1 is 1.13 bits per heavy atom. The van der Waals surface area contributed by atoms with Gasteiger partial charge in [-0.25, -0.2) is 0 Å². The molecule has 0 saturated carbocycles. The average molecular weight is 479 g/mol. The smallest absolute Gasteiger partial charge is 0.234 e. The maximum Gasteiger partial charge on any atom is 0.234 e. The number of aromatic nitrogens is 3. The molecule has 0 unspecified atom stereocenters. The molecule has 3 rings (SSSR count). The maximum atomic E-state index is 12.5. The molecule has 10 heteroatoms.